The van der Waals surface area contributed by atoms with Crippen LogP contribution in [0.4, 0.5) is 0 Å². The standard InChI is InChI=1S/C23H18Cl2N4OS/c24-17-7-6-16(19(25)10-17)11-27-29-14-26-22-21(23(29)30)18-8-9-28(13-20(18)31-22)12-15-4-2-1-3-5-15/h1-7,10-11,14H,8-9,12-13H2/b27-11+. The van der Waals surface area contributed by atoms with Gasteiger partial charge in [0.1, 0.15) is 11.2 Å². The Balaban J connectivity index is 1.44. The molecule has 0 bridgehead atoms. The SMILES string of the molecule is O=c1c2c3c(sc2ncn1/N=C/c1ccc(Cl)cc1Cl)CN(Cc1ccccc1)CC3. The first kappa shape index (κ1) is 20.4. The molecule has 0 aliphatic carbocycles. The molecule has 1 aliphatic rings. The lowest BCUT2D eigenvalue weighted by atomic mass is 10.0. The van der Waals surface area contributed by atoms with E-state index in [9.17, 15) is 4.79 Å². The molecule has 31 heavy (non-hydrogen) atoms. The lowest BCUT2D eigenvalue weighted by Crippen LogP contribution is -2.29. The monoisotopic (exact) mass is 468 g/mol. The van der Waals surface area contributed by atoms with Crippen LogP contribution >= 0.6 is 34.5 Å². The Labute approximate surface area is 193 Å². The van der Waals surface area contributed by atoms with Gasteiger partial charge in [-0.15, -0.1) is 11.3 Å². The molecule has 2 aromatic carbocycles. The van der Waals surface area contributed by atoms with Gasteiger partial charge in [-0.2, -0.15) is 9.78 Å². The maximum Gasteiger partial charge on any atom is 0.282 e. The average Bonchev–Trinajstić information content (AvgIpc) is 3.13. The summed E-state index contributed by atoms with van der Waals surface area (Å²) in [6, 6.07) is 15.6. The summed E-state index contributed by atoms with van der Waals surface area (Å²) >= 11 is 13.7. The van der Waals surface area contributed by atoms with Crippen molar-refractivity contribution in [2.24, 2.45) is 5.10 Å². The predicted octanol–water partition coefficient (Wildman–Crippen LogP) is 5.21. The molecule has 0 spiro atoms. The molecule has 0 atom stereocenters. The van der Waals surface area contributed by atoms with Crippen molar-refractivity contribution in [3.8, 4) is 0 Å². The Morgan fingerprint density at radius 3 is 2.81 bits per heavy atom. The third kappa shape index (κ3) is 4.16. The minimum Gasteiger partial charge on any atom is -0.294 e. The van der Waals surface area contributed by atoms with Crippen molar-refractivity contribution >= 4 is 51.0 Å². The largest absolute Gasteiger partial charge is 0.294 e. The number of benzene rings is 2. The van der Waals surface area contributed by atoms with E-state index in [0.29, 0.717) is 21.0 Å². The van der Waals surface area contributed by atoms with Gasteiger partial charge >= 0.3 is 0 Å². The van der Waals surface area contributed by atoms with E-state index in [2.05, 4.69) is 39.3 Å². The minimum absolute atomic E-state index is 0.152. The van der Waals surface area contributed by atoms with Crippen LogP contribution in [0.15, 0.2) is 64.8 Å². The molecule has 4 aromatic rings. The molecule has 0 amide bonds. The summed E-state index contributed by atoms with van der Waals surface area (Å²) in [5.74, 6) is 0. The topological polar surface area (TPSA) is 50.5 Å². The van der Waals surface area contributed by atoms with E-state index in [1.54, 1.807) is 35.8 Å². The second-order valence-corrected chi connectivity index (χ2v) is 9.36. The van der Waals surface area contributed by atoms with Gasteiger partial charge in [0.25, 0.3) is 5.56 Å². The van der Waals surface area contributed by atoms with E-state index in [0.717, 1.165) is 36.4 Å². The van der Waals surface area contributed by atoms with Gasteiger partial charge in [-0.05, 0) is 29.7 Å². The fourth-order valence-electron chi connectivity index (χ4n) is 3.82. The molecule has 0 N–H and O–H groups in total. The molecule has 5 rings (SSSR count). The Hall–Kier alpha value is -2.51. The summed E-state index contributed by atoms with van der Waals surface area (Å²) in [6.45, 7) is 2.64. The van der Waals surface area contributed by atoms with Crippen molar-refractivity contribution in [2.75, 3.05) is 6.54 Å². The number of fused-ring (bicyclic) bond motifs is 3. The van der Waals surface area contributed by atoms with Gasteiger partial charge in [0.05, 0.1) is 16.6 Å². The van der Waals surface area contributed by atoms with E-state index in [4.69, 9.17) is 23.2 Å². The summed E-state index contributed by atoms with van der Waals surface area (Å²) in [4.78, 5) is 22.0. The first-order chi connectivity index (χ1) is 15.1. The first-order valence-corrected chi connectivity index (χ1v) is 11.4. The summed E-state index contributed by atoms with van der Waals surface area (Å²) in [5.41, 5.74) is 2.93. The highest BCUT2D eigenvalue weighted by Gasteiger charge is 2.24. The predicted molar refractivity (Wildman–Crippen MR) is 128 cm³/mol. The molecule has 3 heterocycles. The van der Waals surface area contributed by atoms with Crippen LogP contribution in [0, 0.1) is 0 Å². The highest BCUT2D eigenvalue weighted by Crippen LogP contribution is 2.32. The van der Waals surface area contributed by atoms with Gasteiger partial charge in [0.15, 0.2) is 0 Å². The normalized spacial score (nSPS) is 14.4. The van der Waals surface area contributed by atoms with Crippen LogP contribution in [-0.4, -0.2) is 27.3 Å². The minimum atomic E-state index is -0.152. The zero-order valence-corrected chi connectivity index (χ0v) is 18.8. The van der Waals surface area contributed by atoms with E-state index in [1.807, 2.05) is 6.07 Å². The quantitative estimate of drug-likeness (QED) is 0.386. The first-order valence-electron chi connectivity index (χ1n) is 9.86. The third-order valence-corrected chi connectivity index (χ3v) is 7.04. The molecule has 0 saturated carbocycles. The number of hydrogen-bond donors (Lipinski definition) is 0. The Morgan fingerprint density at radius 1 is 1.16 bits per heavy atom. The van der Waals surface area contributed by atoms with E-state index < -0.39 is 0 Å². The molecule has 0 radical (unpaired) electrons. The number of rotatable bonds is 4. The number of halogens is 2. The van der Waals surface area contributed by atoms with Crippen LogP contribution in [0.1, 0.15) is 21.6 Å². The van der Waals surface area contributed by atoms with Gasteiger partial charge in [-0.25, -0.2) is 4.98 Å². The van der Waals surface area contributed by atoms with Crippen molar-refractivity contribution in [1.82, 2.24) is 14.6 Å². The van der Waals surface area contributed by atoms with E-state index in [1.165, 1.54) is 21.4 Å². The summed E-state index contributed by atoms with van der Waals surface area (Å²) in [7, 11) is 0. The fraction of sp³-hybridized carbons (Fsp3) is 0.174. The highest BCUT2D eigenvalue weighted by atomic mass is 35.5. The van der Waals surface area contributed by atoms with Crippen LogP contribution < -0.4 is 5.56 Å². The van der Waals surface area contributed by atoms with Crippen LogP contribution in [0.5, 0.6) is 0 Å². The Bertz CT molecular complexity index is 1350. The third-order valence-electron chi connectivity index (χ3n) is 5.36. The Kier molecular flexibility index (Phi) is 5.63. The van der Waals surface area contributed by atoms with Crippen molar-refractivity contribution in [1.29, 1.82) is 0 Å². The van der Waals surface area contributed by atoms with Gasteiger partial charge < -0.3 is 0 Å². The smallest absolute Gasteiger partial charge is 0.282 e. The number of aromatic nitrogens is 2. The number of thiophene rings is 1. The lowest BCUT2D eigenvalue weighted by molar-refractivity contribution is 0.249. The number of hydrogen-bond acceptors (Lipinski definition) is 5. The zero-order chi connectivity index (χ0) is 21.4. The maximum absolute atomic E-state index is 13.1. The molecular formula is C23H18Cl2N4OS. The second-order valence-electron chi connectivity index (χ2n) is 7.43. The van der Waals surface area contributed by atoms with E-state index in [-0.39, 0.29) is 5.56 Å². The second kappa shape index (κ2) is 8.55. The fourth-order valence-corrected chi connectivity index (χ4v) is 5.49. The summed E-state index contributed by atoms with van der Waals surface area (Å²) in [5, 5.41) is 6.01. The van der Waals surface area contributed by atoms with Gasteiger partial charge in [-0.3, -0.25) is 9.69 Å². The molecule has 5 nitrogen and oxygen atoms in total. The molecule has 1 aliphatic heterocycles. The van der Waals surface area contributed by atoms with Crippen molar-refractivity contribution in [2.45, 2.75) is 19.5 Å². The van der Waals surface area contributed by atoms with Crippen LogP contribution in [0.2, 0.25) is 10.0 Å². The van der Waals surface area contributed by atoms with Gasteiger partial charge in [-0.1, -0.05) is 59.6 Å². The van der Waals surface area contributed by atoms with Gasteiger partial charge in [0, 0.05) is 35.1 Å². The summed E-state index contributed by atoms with van der Waals surface area (Å²) in [6.07, 6.45) is 3.85. The summed E-state index contributed by atoms with van der Waals surface area (Å²) < 4.78 is 1.27. The molecule has 2 aromatic heterocycles. The van der Waals surface area contributed by atoms with Gasteiger partial charge in [0.2, 0.25) is 0 Å². The van der Waals surface area contributed by atoms with Crippen molar-refractivity contribution < 1.29 is 0 Å². The van der Waals surface area contributed by atoms with Crippen molar-refractivity contribution in [3.05, 3.63) is 96.8 Å². The van der Waals surface area contributed by atoms with E-state index >= 15 is 0 Å². The van der Waals surface area contributed by atoms with Crippen LogP contribution in [0.25, 0.3) is 10.2 Å². The lowest BCUT2D eigenvalue weighted by Gasteiger charge is -2.26. The molecule has 0 saturated heterocycles. The maximum atomic E-state index is 13.1. The van der Waals surface area contributed by atoms with Crippen LogP contribution in [-0.2, 0) is 19.5 Å². The van der Waals surface area contributed by atoms with Crippen LogP contribution in [0.3, 0.4) is 0 Å². The molecule has 0 unspecified atom stereocenters. The molecule has 156 valence electrons. The molecular weight excluding hydrogens is 451 g/mol. The Morgan fingerprint density at radius 2 is 2.00 bits per heavy atom. The van der Waals surface area contributed by atoms with Crippen molar-refractivity contribution in [3.63, 3.8) is 0 Å². The zero-order valence-electron chi connectivity index (χ0n) is 16.5. The average molecular weight is 469 g/mol. The molecule has 0 fully saturated rings. The number of nitrogens with zero attached hydrogens (tertiary/aromatic N) is 4. The molecule has 8 heteroatoms. The highest BCUT2D eigenvalue weighted by molar-refractivity contribution is 7.18.